The van der Waals surface area contributed by atoms with Gasteiger partial charge in [0.1, 0.15) is 4.88 Å². The van der Waals surface area contributed by atoms with Crippen molar-refractivity contribution in [1.29, 1.82) is 0 Å². The van der Waals surface area contributed by atoms with Crippen molar-refractivity contribution in [3.05, 3.63) is 57.3 Å². The number of hydrogen-bond acceptors (Lipinski definition) is 4. The first-order valence-corrected chi connectivity index (χ1v) is 10.6. The summed E-state index contributed by atoms with van der Waals surface area (Å²) in [6, 6.07) is 12.2. The number of thiophene rings is 1. The van der Waals surface area contributed by atoms with Crippen LogP contribution in [-0.4, -0.2) is 24.5 Å². The van der Waals surface area contributed by atoms with E-state index in [4.69, 9.17) is 4.74 Å². The van der Waals surface area contributed by atoms with Crippen molar-refractivity contribution in [2.45, 2.75) is 57.9 Å². The fraction of sp³-hybridized carbons (Fsp3) is 0.455. The van der Waals surface area contributed by atoms with Gasteiger partial charge >= 0.3 is 5.97 Å². The lowest BCUT2D eigenvalue weighted by Gasteiger charge is -2.13. The van der Waals surface area contributed by atoms with Crippen LogP contribution in [0.2, 0.25) is 0 Å². The molecule has 1 aliphatic carbocycles. The minimum atomic E-state index is -0.389. The van der Waals surface area contributed by atoms with Gasteiger partial charge in [0.05, 0.1) is 0 Å². The Labute approximate surface area is 164 Å². The number of amides is 1. The number of benzene rings is 1. The molecule has 1 N–H and O–H groups in total. The van der Waals surface area contributed by atoms with Gasteiger partial charge in [0, 0.05) is 10.9 Å². The minimum absolute atomic E-state index is 0.0363. The molecule has 3 rings (SSSR count). The van der Waals surface area contributed by atoms with Crippen molar-refractivity contribution in [3.63, 3.8) is 0 Å². The Morgan fingerprint density at radius 2 is 1.93 bits per heavy atom. The van der Waals surface area contributed by atoms with E-state index in [2.05, 4.69) is 17.4 Å². The molecule has 1 amide bonds. The summed E-state index contributed by atoms with van der Waals surface area (Å²) in [6.07, 6.45) is 7.46. The molecule has 1 aromatic carbocycles. The van der Waals surface area contributed by atoms with Gasteiger partial charge < -0.3 is 10.1 Å². The van der Waals surface area contributed by atoms with Crippen LogP contribution in [0.25, 0.3) is 0 Å². The monoisotopic (exact) mass is 385 g/mol. The molecule has 4 nitrogen and oxygen atoms in total. The molecular weight excluding hydrogens is 358 g/mol. The normalized spacial score (nSPS) is 14.7. The first-order valence-electron chi connectivity index (χ1n) is 9.74. The second-order valence-electron chi connectivity index (χ2n) is 7.19. The molecule has 5 heteroatoms. The topological polar surface area (TPSA) is 55.4 Å². The van der Waals surface area contributed by atoms with Gasteiger partial charge in [-0.1, -0.05) is 36.8 Å². The van der Waals surface area contributed by atoms with Crippen LogP contribution in [0, 0.1) is 0 Å². The Kier molecular flexibility index (Phi) is 7.04. The van der Waals surface area contributed by atoms with Crippen LogP contribution >= 0.6 is 11.3 Å². The Bertz CT molecular complexity index is 746. The number of rotatable bonds is 7. The van der Waals surface area contributed by atoms with E-state index >= 15 is 0 Å². The van der Waals surface area contributed by atoms with E-state index in [0.29, 0.717) is 4.88 Å². The van der Waals surface area contributed by atoms with Crippen LogP contribution in [-0.2, 0) is 28.8 Å². The molecule has 1 aliphatic rings. The van der Waals surface area contributed by atoms with Crippen molar-refractivity contribution in [1.82, 2.24) is 5.32 Å². The number of ether oxygens (including phenoxy) is 1. The Balaban J connectivity index is 1.41. The molecule has 0 saturated heterocycles. The fourth-order valence-corrected chi connectivity index (χ4v) is 4.53. The van der Waals surface area contributed by atoms with Gasteiger partial charge in [0.15, 0.2) is 6.61 Å². The molecule has 144 valence electrons. The first-order chi connectivity index (χ1) is 13.1. The quantitative estimate of drug-likeness (QED) is 0.571. The smallest absolute Gasteiger partial charge is 0.348 e. The SMILES string of the molecule is C[C@H](CCc1ccccc1)NC(=O)COC(=O)c1cc2c(s1)CCCCC2. The van der Waals surface area contributed by atoms with E-state index in [1.807, 2.05) is 31.2 Å². The van der Waals surface area contributed by atoms with Gasteiger partial charge in [0.2, 0.25) is 0 Å². The van der Waals surface area contributed by atoms with Crippen molar-refractivity contribution < 1.29 is 14.3 Å². The maximum absolute atomic E-state index is 12.3. The highest BCUT2D eigenvalue weighted by Crippen LogP contribution is 2.29. The summed E-state index contributed by atoms with van der Waals surface area (Å²) in [7, 11) is 0. The van der Waals surface area contributed by atoms with Gasteiger partial charge in [0.25, 0.3) is 5.91 Å². The van der Waals surface area contributed by atoms with Crippen molar-refractivity contribution >= 4 is 23.2 Å². The number of carbonyl (C=O) groups is 2. The predicted molar refractivity (Wildman–Crippen MR) is 108 cm³/mol. The average Bonchev–Trinajstić information content (AvgIpc) is 2.96. The van der Waals surface area contributed by atoms with E-state index in [1.165, 1.54) is 46.6 Å². The Morgan fingerprint density at radius 1 is 1.15 bits per heavy atom. The molecule has 0 spiro atoms. The van der Waals surface area contributed by atoms with Crippen LogP contribution in [0.5, 0.6) is 0 Å². The lowest BCUT2D eigenvalue weighted by molar-refractivity contribution is -0.124. The lowest BCUT2D eigenvalue weighted by atomic mass is 10.1. The third kappa shape index (κ3) is 5.93. The molecule has 0 radical (unpaired) electrons. The van der Waals surface area contributed by atoms with Gasteiger partial charge in [-0.3, -0.25) is 4.79 Å². The van der Waals surface area contributed by atoms with Gasteiger partial charge in [-0.2, -0.15) is 0 Å². The van der Waals surface area contributed by atoms with Crippen molar-refractivity contribution in [2.75, 3.05) is 6.61 Å². The first kappa shape index (κ1) is 19.6. The van der Waals surface area contributed by atoms with E-state index in [1.54, 1.807) is 0 Å². The van der Waals surface area contributed by atoms with Crippen LogP contribution in [0.3, 0.4) is 0 Å². The second-order valence-corrected chi connectivity index (χ2v) is 8.33. The second kappa shape index (κ2) is 9.70. The molecule has 0 fully saturated rings. The summed E-state index contributed by atoms with van der Waals surface area (Å²) in [5.41, 5.74) is 2.53. The summed E-state index contributed by atoms with van der Waals surface area (Å²) in [5.74, 6) is -0.637. The molecule has 0 unspecified atom stereocenters. The zero-order valence-corrected chi connectivity index (χ0v) is 16.6. The molecule has 0 saturated carbocycles. The number of fused-ring (bicyclic) bond motifs is 1. The molecule has 27 heavy (non-hydrogen) atoms. The largest absolute Gasteiger partial charge is 0.451 e. The van der Waals surface area contributed by atoms with Gasteiger partial charge in [-0.25, -0.2) is 4.79 Å². The standard InChI is InChI=1S/C22H27NO3S/c1-16(12-13-17-8-4-2-5-9-17)23-21(24)15-26-22(25)20-14-18-10-6-3-7-11-19(18)27-20/h2,4-5,8-9,14,16H,3,6-7,10-13,15H2,1H3,(H,23,24)/t16-/m1/s1. The molecular formula is C22H27NO3S. The number of esters is 1. The van der Waals surface area contributed by atoms with E-state index in [9.17, 15) is 9.59 Å². The van der Waals surface area contributed by atoms with E-state index in [-0.39, 0.29) is 24.5 Å². The molecule has 1 heterocycles. The number of carbonyl (C=O) groups excluding carboxylic acids is 2. The zero-order valence-electron chi connectivity index (χ0n) is 15.8. The average molecular weight is 386 g/mol. The predicted octanol–water partition coefficient (Wildman–Crippen LogP) is 4.31. The summed E-state index contributed by atoms with van der Waals surface area (Å²) in [4.78, 5) is 26.2. The number of nitrogens with one attached hydrogen (secondary N) is 1. The molecule has 1 atom stereocenters. The highest BCUT2D eigenvalue weighted by Gasteiger charge is 2.18. The molecule has 0 aliphatic heterocycles. The highest BCUT2D eigenvalue weighted by molar-refractivity contribution is 7.14. The maximum Gasteiger partial charge on any atom is 0.348 e. The summed E-state index contributed by atoms with van der Waals surface area (Å²) in [6.45, 7) is 1.75. The Hall–Kier alpha value is -2.14. The van der Waals surface area contributed by atoms with Gasteiger partial charge in [-0.05, 0) is 62.6 Å². The lowest BCUT2D eigenvalue weighted by Crippen LogP contribution is -2.36. The number of aryl methyl sites for hydroxylation is 3. The third-order valence-electron chi connectivity index (χ3n) is 4.90. The van der Waals surface area contributed by atoms with Crippen molar-refractivity contribution in [2.24, 2.45) is 0 Å². The zero-order chi connectivity index (χ0) is 19.1. The third-order valence-corrected chi connectivity index (χ3v) is 6.12. The molecule has 1 aromatic heterocycles. The van der Waals surface area contributed by atoms with E-state index < -0.39 is 0 Å². The van der Waals surface area contributed by atoms with Crippen LogP contribution in [0.4, 0.5) is 0 Å². The summed E-state index contributed by atoms with van der Waals surface area (Å²) >= 11 is 1.52. The van der Waals surface area contributed by atoms with Gasteiger partial charge in [-0.15, -0.1) is 11.3 Å². The molecule has 0 bridgehead atoms. The molecule has 2 aromatic rings. The maximum atomic E-state index is 12.3. The summed E-state index contributed by atoms with van der Waals surface area (Å²) < 4.78 is 5.22. The van der Waals surface area contributed by atoms with Crippen molar-refractivity contribution in [3.8, 4) is 0 Å². The Morgan fingerprint density at radius 3 is 2.74 bits per heavy atom. The van der Waals surface area contributed by atoms with E-state index in [0.717, 1.165) is 25.7 Å². The minimum Gasteiger partial charge on any atom is -0.451 e. The highest BCUT2D eigenvalue weighted by atomic mass is 32.1. The van der Waals surface area contributed by atoms with Crippen LogP contribution < -0.4 is 5.32 Å². The number of hydrogen-bond donors (Lipinski definition) is 1. The van der Waals surface area contributed by atoms with Crippen LogP contribution in [0.1, 0.15) is 58.3 Å². The summed E-state index contributed by atoms with van der Waals surface area (Å²) in [5, 5.41) is 2.90. The van der Waals surface area contributed by atoms with Crippen LogP contribution in [0.15, 0.2) is 36.4 Å². The fourth-order valence-electron chi connectivity index (χ4n) is 3.39.